The van der Waals surface area contributed by atoms with Gasteiger partial charge in [-0.25, -0.2) is 9.48 Å². The highest BCUT2D eigenvalue weighted by Gasteiger charge is 2.50. The van der Waals surface area contributed by atoms with Crippen molar-refractivity contribution in [2.45, 2.75) is 40.0 Å². The molecule has 2 bridgehead atoms. The van der Waals surface area contributed by atoms with Crippen LogP contribution in [0, 0.1) is 24.2 Å². The van der Waals surface area contributed by atoms with E-state index in [-0.39, 0.29) is 5.97 Å². The van der Waals surface area contributed by atoms with E-state index >= 15 is 0 Å². The largest absolute Gasteiger partial charge is 0.481 e. The van der Waals surface area contributed by atoms with E-state index in [1.165, 1.54) is 25.5 Å². The van der Waals surface area contributed by atoms with Crippen molar-refractivity contribution in [3.63, 3.8) is 0 Å². The molecule has 0 amide bonds. The lowest BCUT2D eigenvalue weighted by Crippen LogP contribution is -2.48. The van der Waals surface area contributed by atoms with Crippen molar-refractivity contribution in [3.05, 3.63) is 22.9 Å². The Labute approximate surface area is 137 Å². The van der Waals surface area contributed by atoms with Crippen molar-refractivity contribution < 1.29 is 14.3 Å². The predicted octanol–water partition coefficient (Wildman–Crippen LogP) is 3.28. The molecule has 23 heavy (non-hydrogen) atoms. The fourth-order valence-electron chi connectivity index (χ4n) is 4.20. The molecule has 1 heterocycles. The molecule has 0 aliphatic heterocycles. The summed E-state index contributed by atoms with van der Waals surface area (Å²) in [4.78, 5) is 12.3. The van der Waals surface area contributed by atoms with E-state index in [0.717, 1.165) is 12.3 Å². The first-order valence-electron chi connectivity index (χ1n) is 8.29. The van der Waals surface area contributed by atoms with Crippen molar-refractivity contribution in [1.29, 1.82) is 0 Å². The zero-order valence-corrected chi connectivity index (χ0v) is 14.7. The van der Waals surface area contributed by atoms with Crippen LogP contribution in [-0.4, -0.2) is 29.5 Å². The summed E-state index contributed by atoms with van der Waals surface area (Å²) in [5.74, 6) is 1.60. The van der Waals surface area contributed by atoms with Gasteiger partial charge in [-0.05, 0) is 37.0 Å². The number of methoxy groups -OCH3 is 1. The van der Waals surface area contributed by atoms with E-state index in [4.69, 9.17) is 9.47 Å². The normalized spacial score (nSPS) is 24.7. The highest BCUT2D eigenvalue weighted by molar-refractivity contribution is 5.93. The van der Waals surface area contributed by atoms with Gasteiger partial charge < -0.3 is 9.47 Å². The van der Waals surface area contributed by atoms with Crippen LogP contribution in [0.25, 0.3) is 0 Å². The summed E-state index contributed by atoms with van der Waals surface area (Å²) in [7, 11) is 3.29. The zero-order valence-electron chi connectivity index (χ0n) is 14.7. The molecule has 2 atom stereocenters. The summed E-state index contributed by atoms with van der Waals surface area (Å²) < 4.78 is 12.3. The lowest BCUT2D eigenvalue weighted by Gasteiger charge is -2.56. The Balaban J connectivity index is 1.60. The van der Waals surface area contributed by atoms with Gasteiger partial charge in [-0.3, -0.25) is 0 Å². The standard InChI is InChI=1S/C18H26N2O3/c1-11-15(16(22-5)20(4)19-11)17(21)23-9-8-12-6-7-13-10-14(12)18(13,2)3/h6,13-14H,7-10H2,1-5H3/t13-,14-/m0/s1. The first kappa shape index (κ1) is 16.1. The highest BCUT2D eigenvalue weighted by atomic mass is 16.5. The molecule has 126 valence electrons. The maximum absolute atomic E-state index is 12.3. The summed E-state index contributed by atoms with van der Waals surface area (Å²) >= 11 is 0. The third-order valence-electron chi connectivity index (χ3n) is 5.77. The van der Waals surface area contributed by atoms with Gasteiger partial charge in [0.2, 0.25) is 5.88 Å². The number of rotatable bonds is 5. The molecule has 0 N–H and O–H groups in total. The van der Waals surface area contributed by atoms with Crippen LogP contribution in [0.1, 0.15) is 49.2 Å². The number of fused-ring (bicyclic) bond motifs is 1. The van der Waals surface area contributed by atoms with Gasteiger partial charge in [0.1, 0.15) is 5.56 Å². The van der Waals surface area contributed by atoms with Crippen LogP contribution >= 0.6 is 0 Å². The van der Waals surface area contributed by atoms with Gasteiger partial charge in [0.25, 0.3) is 0 Å². The molecule has 3 aliphatic carbocycles. The van der Waals surface area contributed by atoms with Crippen molar-refractivity contribution in [1.82, 2.24) is 9.78 Å². The summed E-state index contributed by atoms with van der Waals surface area (Å²) in [6.07, 6.45) is 5.65. The number of esters is 1. The first-order chi connectivity index (χ1) is 10.9. The molecular weight excluding hydrogens is 292 g/mol. The van der Waals surface area contributed by atoms with Gasteiger partial charge in [0, 0.05) is 13.5 Å². The van der Waals surface area contributed by atoms with E-state index < -0.39 is 0 Å². The quantitative estimate of drug-likeness (QED) is 0.617. The van der Waals surface area contributed by atoms with Gasteiger partial charge in [-0.15, -0.1) is 0 Å². The molecule has 5 nitrogen and oxygen atoms in total. The SMILES string of the molecule is COc1c(C(=O)OCCC2=CC[C@H]3C[C@@H]2C3(C)C)c(C)nn1C. The number of hydrogen-bond acceptors (Lipinski definition) is 4. The number of carbonyl (C=O) groups excluding carboxylic acids is 1. The van der Waals surface area contributed by atoms with Crippen LogP contribution in [0.15, 0.2) is 11.6 Å². The Kier molecular flexibility index (Phi) is 3.98. The molecule has 1 aromatic rings. The van der Waals surface area contributed by atoms with Crippen molar-refractivity contribution in [2.75, 3.05) is 13.7 Å². The van der Waals surface area contributed by atoms with Gasteiger partial charge in [-0.1, -0.05) is 25.5 Å². The van der Waals surface area contributed by atoms with Crippen LogP contribution in [0.3, 0.4) is 0 Å². The average Bonchev–Trinajstić information content (AvgIpc) is 2.80. The number of allylic oxidation sites excluding steroid dienone is 1. The fourth-order valence-corrected chi connectivity index (χ4v) is 4.20. The van der Waals surface area contributed by atoms with Crippen molar-refractivity contribution >= 4 is 5.97 Å². The Morgan fingerprint density at radius 2 is 2.22 bits per heavy atom. The molecule has 1 aromatic heterocycles. The second-order valence-corrected chi connectivity index (χ2v) is 7.30. The third-order valence-corrected chi connectivity index (χ3v) is 5.77. The van der Waals surface area contributed by atoms with Gasteiger partial charge >= 0.3 is 5.97 Å². The molecule has 1 saturated carbocycles. The summed E-state index contributed by atoms with van der Waals surface area (Å²) in [6.45, 7) is 6.92. The second-order valence-electron chi connectivity index (χ2n) is 7.30. The van der Waals surface area contributed by atoms with Crippen molar-refractivity contribution in [2.24, 2.45) is 24.3 Å². The van der Waals surface area contributed by atoms with E-state index in [1.807, 2.05) is 0 Å². The minimum absolute atomic E-state index is 0.352. The van der Waals surface area contributed by atoms with Crippen LogP contribution < -0.4 is 4.74 Å². The number of ether oxygens (including phenoxy) is 2. The van der Waals surface area contributed by atoms with Crippen molar-refractivity contribution in [3.8, 4) is 5.88 Å². The second kappa shape index (κ2) is 5.69. The van der Waals surface area contributed by atoms with E-state index in [9.17, 15) is 4.79 Å². The minimum atomic E-state index is -0.352. The maximum atomic E-state index is 12.3. The highest BCUT2D eigenvalue weighted by Crippen LogP contribution is 2.59. The molecule has 0 spiro atoms. The van der Waals surface area contributed by atoms with Gasteiger partial charge in [0.15, 0.2) is 0 Å². The molecule has 0 unspecified atom stereocenters. The Hall–Kier alpha value is -1.78. The smallest absolute Gasteiger partial charge is 0.345 e. The van der Waals surface area contributed by atoms with Gasteiger partial charge in [0.05, 0.1) is 19.4 Å². The van der Waals surface area contributed by atoms with Gasteiger partial charge in [-0.2, -0.15) is 5.10 Å². The molecule has 0 radical (unpaired) electrons. The molecule has 1 fully saturated rings. The Bertz CT molecular complexity index is 657. The maximum Gasteiger partial charge on any atom is 0.345 e. The third kappa shape index (κ3) is 2.56. The summed E-state index contributed by atoms with van der Waals surface area (Å²) in [6, 6.07) is 0. The molecule has 3 aliphatic rings. The van der Waals surface area contributed by atoms with Crippen LogP contribution in [0.5, 0.6) is 5.88 Å². The lowest BCUT2D eigenvalue weighted by atomic mass is 9.48. The molecule has 4 rings (SSSR count). The van der Waals surface area contributed by atoms with Crippen LogP contribution in [0.4, 0.5) is 0 Å². The molecule has 0 aromatic carbocycles. The monoisotopic (exact) mass is 318 g/mol. The number of aromatic nitrogens is 2. The topological polar surface area (TPSA) is 53.4 Å². The summed E-state index contributed by atoms with van der Waals surface area (Å²) in [5, 5.41) is 4.22. The molecule has 5 heteroatoms. The predicted molar refractivity (Wildman–Crippen MR) is 87.5 cm³/mol. The number of nitrogens with zero attached hydrogens (tertiary/aromatic N) is 2. The Morgan fingerprint density at radius 3 is 2.83 bits per heavy atom. The molecular formula is C18H26N2O3. The lowest BCUT2D eigenvalue weighted by molar-refractivity contribution is -0.0103. The average molecular weight is 318 g/mol. The van der Waals surface area contributed by atoms with E-state index in [2.05, 4.69) is 25.0 Å². The summed E-state index contributed by atoms with van der Waals surface area (Å²) in [5.41, 5.74) is 2.93. The first-order valence-corrected chi connectivity index (χ1v) is 8.29. The van der Waals surface area contributed by atoms with E-state index in [1.54, 1.807) is 18.7 Å². The number of hydrogen-bond donors (Lipinski definition) is 0. The van der Waals surface area contributed by atoms with Crippen LogP contribution in [0.2, 0.25) is 0 Å². The number of carbonyl (C=O) groups is 1. The van der Waals surface area contributed by atoms with E-state index in [0.29, 0.717) is 35.1 Å². The number of aryl methyl sites for hydroxylation is 2. The van der Waals surface area contributed by atoms with Crippen LogP contribution in [-0.2, 0) is 11.8 Å². The Morgan fingerprint density at radius 1 is 1.48 bits per heavy atom. The molecule has 0 saturated heterocycles. The minimum Gasteiger partial charge on any atom is -0.481 e. The fraction of sp³-hybridized carbons (Fsp3) is 0.667. The zero-order chi connectivity index (χ0) is 16.8.